The van der Waals surface area contributed by atoms with Gasteiger partial charge in [-0.3, -0.25) is 4.79 Å². The number of carbonyl (C=O) groups is 1. The number of rotatable bonds is 3. The summed E-state index contributed by atoms with van der Waals surface area (Å²) in [6.07, 6.45) is 4.96. The van der Waals surface area contributed by atoms with E-state index in [1.165, 1.54) is 17.7 Å². The van der Waals surface area contributed by atoms with Crippen molar-refractivity contribution in [3.63, 3.8) is 0 Å². The fraction of sp³-hybridized carbons (Fsp3) is 0.304. The number of halogens is 1. The van der Waals surface area contributed by atoms with Gasteiger partial charge in [-0.1, -0.05) is 6.08 Å². The summed E-state index contributed by atoms with van der Waals surface area (Å²) < 4.78 is 19.4. The monoisotopic (exact) mass is 391 g/mol. The summed E-state index contributed by atoms with van der Waals surface area (Å²) >= 11 is 0. The van der Waals surface area contributed by atoms with Gasteiger partial charge in [-0.05, 0) is 59.7 Å². The van der Waals surface area contributed by atoms with Gasteiger partial charge in [0, 0.05) is 42.9 Å². The molecule has 148 valence electrons. The van der Waals surface area contributed by atoms with Crippen molar-refractivity contribution in [3.05, 3.63) is 54.1 Å². The van der Waals surface area contributed by atoms with Gasteiger partial charge in [0.25, 0.3) is 0 Å². The number of benzene rings is 1. The van der Waals surface area contributed by atoms with E-state index in [0.717, 1.165) is 41.8 Å². The zero-order chi connectivity index (χ0) is 20.1. The molecule has 2 atom stereocenters. The predicted molar refractivity (Wildman–Crippen MR) is 110 cm³/mol. The van der Waals surface area contributed by atoms with Crippen LogP contribution in [0.4, 0.5) is 4.39 Å². The number of hydrogen-bond donors (Lipinski definition) is 1. The molecule has 5 nitrogen and oxygen atoms in total. The van der Waals surface area contributed by atoms with Crippen LogP contribution in [0, 0.1) is 17.7 Å². The van der Waals surface area contributed by atoms with Gasteiger partial charge in [-0.25, -0.2) is 9.37 Å². The fourth-order valence-corrected chi connectivity index (χ4v) is 4.69. The summed E-state index contributed by atoms with van der Waals surface area (Å²) in [5.74, 6) is 1.37. The van der Waals surface area contributed by atoms with Gasteiger partial charge in [0.15, 0.2) is 0 Å². The first-order valence-electron chi connectivity index (χ1n) is 9.81. The van der Waals surface area contributed by atoms with Crippen molar-refractivity contribution in [1.29, 1.82) is 0 Å². The Morgan fingerprint density at radius 2 is 2.10 bits per heavy atom. The number of nitrogens with one attached hydrogen (secondary N) is 1. The molecule has 1 saturated heterocycles. The Bertz CT molecular complexity index is 1150. The molecule has 1 aromatic carbocycles. The van der Waals surface area contributed by atoms with Crippen molar-refractivity contribution in [1.82, 2.24) is 14.9 Å². The highest BCUT2D eigenvalue weighted by molar-refractivity contribution is 5.96. The zero-order valence-corrected chi connectivity index (χ0v) is 16.4. The van der Waals surface area contributed by atoms with E-state index in [4.69, 9.17) is 4.74 Å². The van der Waals surface area contributed by atoms with E-state index in [-0.39, 0.29) is 11.7 Å². The van der Waals surface area contributed by atoms with Gasteiger partial charge < -0.3 is 14.6 Å². The number of nitrogens with zero attached hydrogens (tertiary/aromatic N) is 2. The number of likely N-dealkylation sites (tertiary alicyclic amines) is 1. The highest BCUT2D eigenvalue weighted by Gasteiger charge is 2.37. The number of ether oxygens (including phenoxy) is 1. The van der Waals surface area contributed by atoms with E-state index in [1.54, 1.807) is 26.3 Å². The minimum absolute atomic E-state index is 0.151. The van der Waals surface area contributed by atoms with E-state index in [2.05, 4.69) is 22.1 Å². The molecule has 0 spiro atoms. The summed E-state index contributed by atoms with van der Waals surface area (Å²) in [5, 5.41) is 0.940. The smallest absolute Gasteiger partial charge is 0.219 e. The topological polar surface area (TPSA) is 58.2 Å². The second-order valence-corrected chi connectivity index (χ2v) is 7.89. The quantitative estimate of drug-likeness (QED) is 0.726. The maximum Gasteiger partial charge on any atom is 0.219 e. The molecule has 0 bridgehead atoms. The molecule has 1 N–H and O–H groups in total. The first-order chi connectivity index (χ1) is 14.0. The number of aromatic nitrogens is 2. The number of hydrogen-bond acceptors (Lipinski definition) is 3. The Morgan fingerprint density at radius 3 is 2.86 bits per heavy atom. The van der Waals surface area contributed by atoms with Gasteiger partial charge >= 0.3 is 0 Å². The van der Waals surface area contributed by atoms with E-state index in [9.17, 15) is 9.18 Å². The lowest BCUT2D eigenvalue weighted by Crippen LogP contribution is -2.26. The van der Waals surface area contributed by atoms with Crippen molar-refractivity contribution in [2.45, 2.75) is 13.3 Å². The average Bonchev–Trinajstić information content (AvgIpc) is 3.39. The highest BCUT2D eigenvalue weighted by Crippen LogP contribution is 2.42. The van der Waals surface area contributed by atoms with Gasteiger partial charge in [0.05, 0.1) is 7.11 Å². The Morgan fingerprint density at radius 1 is 1.24 bits per heavy atom. The van der Waals surface area contributed by atoms with Crippen molar-refractivity contribution in [3.8, 4) is 16.9 Å². The number of allylic oxidation sites excluding steroid dienone is 1. The number of pyridine rings is 1. The lowest BCUT2D eigenvalue weighted by molar-refractivity contribution is -0.128. The van der Waals surface area contributed by atoms with Crippen LogP contribution in [0.15, 0.2) is 42.6 Å². The van der Waals surface area contributed by atoms with Crippen LogP contribution in [0.2, 0.25) is 0 Å². The lowest BCUT2D eigenvalue weighted by atomic mass is 9.99. The first-order valence-corrected chi connectivity index (χ1v) is 9.81. The van der Waals surface area contributed by atoms with Crippen LogP contribution < -0.4 is 4.74 Å². The van der Waals surface area contributed by atoms with Gasteiger partial charge in [0.2, 0.25) is 5.91 Å². The maximum absolute atomic E-state index is 13.9. The Labute approximate surface area is 168 Å². The van der Waals surface area contributed by atoms with E-state index in [1.807, 2.05) is 11.0 Å². The van der Waals surface area contributed by atoms with Crippen LogP contribution in [0.25, 0.3) is 27.7 Å². The molecule has 2 aromatic heterocycles. The van der Waals surface area contributed by atoms with Crippen molar-refractivity contribution >= 4 is 22.5 Å². The summed E-state index contributed by atoms with van der Waals surface area (Å²) in [4.78, 5) is 21.5. The summed E-state index contributed by atoms with van der Waals surface area (Å²) in [5.41, 5.74) is 4.67. The minimum Gasteiger partial charge on any atom is -0.496 e. The molecule has 1 aliphatic heterocycles. The molecule has 3 aromatic rings. The highest BCUT2D eigenvalue weighted by atomic mass is 19.1. The standard InChI is InChI=1S/C23H22FN3O2/c1-13(28)27-11-15-7-14(8-16(15)12-27)21-10-20-18(5-6-25-23(20)26-21)19-9-17(24)3-4-22(19)29-2/h3-7,9-10,15-16H,8,11-12H2,1-2H3,(H,25,26). The van der Waals surface area contributed by atoms with Crippen LogP contribution in [-0.4, -0.2) is 41.0 Å². The zero-order valence-electron chi connectivity index (χ0n) is 16.4. The summed E-state index contributed by atoms with van der Waals surface area (Å²) in [7, 11) is 1.59. The predicted octanol–water partition coefficient (Wildman–Crippen LogP) is 4.26. The number of fused-ring (bicyclic) bond motifs is 2. The first kappa shape index (κ1) is 17.9. The molecular weight excluding hydrogens is 369 g/mol. The van der Waals surface area contributed by atoms with Crippen molar-refractivity contribution in [2.24, 2.45) is 11.8 Å². The summed E-state index contributed by atoms with van der Waals surface area (Å²) in [6, 6.07) is 8.52. The number of aromatic amines is 1. The molecule has 0 saturated carbocycles. The second-order valence-electron chi connectivity index (χ2n) is 7.89. The van der Waals surface area contributed by atoms with Crippen LogP contribution in [0.5, 0.6) is 5.75 Å². The van der Waals surface area contributed by atoms with Crippen LogP contribution in [0.3, 0.4) is 0 Å². The fourth-order valence-electron chi connectivity index (χ4n) is 4.69. The molecule has 5 rings (SSSR count). The van der Waals surface area contributed by atoms with Crippen LogP contribution >= 0.6 is 0 Å². The third-order valence-electron chi connectivity index (χ3n) is 6.16. The van der Waals surface area contributed by atoms with Crippen LogP contribution in [-0.2, 0) is 4.79 Å². The Hall–Kier alpha value is -3.15. The second kappa shape index (κ2) is 6.72. The van der Waals surface area contributed by atoms with Gasteiger partial charge in [-0.15, -0.1) is 0 Å². The molecule has 29 heavy (non-hydrogen) atoms. The maximum atomic E-state index is 13.9. The van der Waals surface area contributed by atoms with Crippen molar-refractivity contribution < 1.29 is 13.9 Å². The van der Waals surface area contributed by atoms with E-state index < -0.39 is 0 Å². The number of carbonyl (C=O) groups excluding carboxylic acids is 1. The molecule has 1 aliphatic carbocycles. The van der Waals surface area contributed by atoms with Gasteiger partial charge in [0.1, 0.15) is 17.2 Å². The molecule has 1 amide bonds. The molecule has 2 unspecified atom stereocenters. The average molecular weight is 391 g/mol. The molecule has 0 radical (unpaired) electrons. The van der Waals surface area contributed by atoms with Crippen molar-refractivity contribution in [2.75, 3.05) is 20.2 Å². The third kappa shape index (κ3) is 2.99. The number of H-pyrrole nitrogens is 1. The van der Waals surface area contributed by atoms with Crippen LogP contribution in [0.1, 0.15) is 19.0 Å². The largest absolute Gasteiger partial charge is 0.496 e. The summed E-state index contributed by atoms with van der Waals surface area (Å²) in [6.45, 7) is 3.26. The number of amides is 1. The molecule has 3 heterocycles. The lowest BCUT2D eigenvalue weighted by Gasteiger charge is -2.14. The molecule has 6 heteroatoms. The van der Waals surface area contributed by atoms with E-state index in [0.29, 0.717) is 23.1 Å². The molecule has 1 fully saturated rings. The van der Waals surface area contributed by atoms with E-state index >= 15 is 0 Å². The Kier molecular flexibility index (Phi) is 4.15. The number of methoxy groups -OCH3 is 1. The molecule has 2 aliphatic rings. The SMILES string of the molecule is COc1ccc(F)cc1-c1ccnc2[nH]c(C3=CC4CN(C(C)=O)CC4C3)cc12. The molecular formula is C23H22FN3O2. The van der Waals surface area contributed by atoms with Gasteiger partial charge in [-0.2, -0.15) is 0 Å². The normalized spacial score (nSPS) is 20.8. The Balaban J connectivity index is 1.53. The minimum atomic E-state index is -0.303. The third-order valence-corrected chi connectivity index (χ3v) is 6.16.